The van der Waals surface area contributed by atoms with Crippen molar-refractivity contribution in [1.82, 2.24) is 26.6 Å². The van der Waals surface area contributed by atoms with E-state index < -0.39 is 20.5 Å². The zero-order valence-electron chi connectivity index (χ0n) is 15.2. The van der Waals surface area contributed by atoms with Crippen LogP contribution in [0.25, 0.3) is 0 Å². The minimum absolute atomic E-state index is 0. The van der Waals surface area contributed by atoms with Gasteiger partial charge < -0.3 is 26.6 Å². The Balaban J connectivity index is -0.000000199. The molecule has 16 heteroatoms. The Hall–Kier alpha value is 0.579. The van der Waals surface area contributed by atoms with Gasteiger partial charge in [0, 0.05) is 39.3 Å². The zero-order chi connectivity index (χ0) is 20.9. The standard InChI is InChI=1S/C11H29N5.2ClHO4.Cu/c1-12-6-8-14-4-3-5-15-10-11-16-9-7-13-2;2*2-1(3,4)5;/h12-16H,3-11H2,1-2H3;2*(H,2,3,4,5);/q;;;+2/p-2. The molecule has 0 aliphatic carbocycles. The van der Waals surface area contributed by atoms with E-state index in [1.807, 2.05) is 14.1 Å². The van der Waals surface area contributed by atoms with Gasteiger partial charge in [0.15, 0.2) is 0 Å². The second kappa shape index (κ2) is 24.6. The van der Waals surface area contributed by atoms with Gasteiger partial charge in [0.25, 0.3) is 0 Å². The van der Waals surface area contributed by atoms with Crippen LogP contribution in [0, 0.1) is 20.5 Å². The fourth-order valence-corrected chi connectivity index (χ4v) is 1.32. The Kier molecular flexibility index (Phi) is 32.0. The van der Waals surface area contributed by atoms with E-state index in [2.05, 4.69) is 26.6 Å². The molecule has 0 unspecified atom stereocenters. The van der Waals surface area contributed by atoms with Crippen molar-refractivity contribution >= 4 is 0 Å². The molecule has 5 N–H and O–H groups in total. The predicted molar refractivity (Wildman–Crippen MR) is 71.1 cm³/mol. The van der Waals surface area contributed by atoms with Crippen LogP contribution >= 0.6 is 0 Å². The monoisotopic (exact) mass is 492 g/mol. The van der Waals surface area contributed by atoms with E-state index in [1.165, 1.54) is 6.42 Å². The molecule has 0 aromatic carbocycles. The summed E-state index contributed by atoms with van der Waals surface area (Å²) >= 11 is 0. The van der Waals surface area contributed by atoms with Crippen molar-refractivity contribution < 1.29 is 74.8 Å². The van der Waals surface area contributed by atoms with Gasteiger partial charge in [0.1, 0.15) is 0 Å². The molecule has 0 saturated heterocycles. The number of hydrogen-bond acceptors (Lipinski definition) is 13. The predicted octanol–water partition coefficient (Wildman–Crippen LogP) is -10.9. The summed E-state index contributed by atoms with van der Waals surface area (Å²) in [6, 6.07) is 0. The van der Waals surface area contributed by atoms with E-state index in [4.69, 9.17) is 37.3 Å². The molecule has 0 rings (SSSR count). The largest absolute Gasteiger partial charge is 2.00 e. The SMILES string of the molecule is CNCCNCCCNCCNCCNC.[Cu+2].[O-][Cl+3]([O-])([O-])[O-].[O-][Cl+3]([O-])([O-])[O-]. The van der Waals surface area contributed by atoms with Crippen LogP contribution in [0.1, 0.15) is 6.42 Å². The molecule has 0 fully saturated rings. The zero-order valence-corrected chi connectivity index (χ0v) is 17.6. The summed E-state index contributed by atoms with van der Waals surface area (Å²) in [5, 5.41) is 16.4. The molecule has 0 heterocycles. The van der Waals surface area contributed by atoms with E-state index in [0.29, 0.717) is 0 Å². The Morgan fingerprint density at radius 3 is 0.963 bits per heavy atom. The summed E-state index contributed by atoms with van der Waals surface area (Å²) in [7, 11) is -5.94. The first-order valence-electron chi connectivity index (χ1n) is 7.56. The first-order valence-corrected chi connectivity index (χ1v) is 10.0. The van der Waals surface area contributed by atoms with Crippen LogP contribution in [0.2, 0.25) is 0 Å². The molecule has 0 aliphatic heterocycles. The Morgan fingerprint density at radius 2 is 0.704 bits per heavy atom. The molecule has 27 heavy (non-hydrogen) atoms. The molecule has 0 saturated carbocycles. The summed E-state index contributed by atoms with van der Waals surface area (Å²) in [5.74, 6) is 0. The van der Waals surface area contributed by atoms with E-state index in [0.717, 1.165) is 52.4 Å². The average molecular weight is 494 g/mol. The second-order valence-corrected chi connectivity index (χ2v) is 6.08. The first-order chi connectivity index (χ1) is 11.9. The van der Waals surface area contributed by atoms with Gasteiger partial charge in [0.05, 0.1) is 0 Å². The maximum Gasteiger partial charge on any atom is 2.00 e. The normalized spacial score (nSPS) is 10.9. The molecule has 0 aromatic heterocycles. The van der Waals surface area contributed by atoms with Gasteiger partial charge in [-0.3, -0.25) is 0 Å². The molecule has 171 valence electrons. The molecular formula is C11H29Cl2CuN5O8. The van der Waals surface area contributed by atoms with Gasteiger partial charge in [-0.2, -0.15) is 0 Å². The van der Waals surface area contributed by atoms with Gasteiger partial charge in [-0.05, 0) is 33.6 Å². The van der Waals surface area contributed by atoms with Crippen LogP contribution in [-0.4, -0.2) is 66.5 Å². The Bertz CT molecular complexity index is 240. The van der Waals surface area contributed by atoms with Crippen LogP contribution in [-0.2, 0) is 17.1 Å². The van der Waals surface area contributed by atoms with Crippen LogP contribution < -0.4 is 63.9 Å². The molecular weight excluding hydrogens is 465 g/mol. The summed E-state index contributed by atoms with van der Waals surface area (Å²) in [4.78, 5) is 0. The molecule has 13 nitrogen and oxygen atoms in total. The van der Waals surface area contributed by atoms with Crippen LogP contribution in [0.5, 0.6) is 0 Å². The van der Waals surface area contributed by atoms with Crippen LogP contribution in [0.3, 0.4) is 0 Å². The van der Waals surface area contributed by atoms with Crippen molar-refractivity contribution in [3.63, 3.8) is 0 Å². The third-order valence-corrected chi connectivity index (χ3v) is 2.29. The van der Waals surface area contributed by atoms with Crippen molar-refractivity contribution in [2.45, 2.75) is 6.42 Å². The van der Waals surface area contributed by atoms with E-state index in [1.54, 1.807) is 0 Å². The number of hydrogen-bond donors (Lipinski definition) is 5. The first kappa shape index (κ1) is 35.0. The van der Waals surface area contributed by atoms with Crippen molar-refractivity contribution in [3.05, 3.63) is 0 Å². The number of rotatable bonds is 13. The minimum Gasteiger partial charge on any atom is -0.318 e. The van der Waals surface area contributed by atoms with Gasteiger partial charge in [-0.25, -0.2) is 37.3 Å². The second-order valence-electron chi connectivity index (χ2n) is 4.57. The minimum atomic E-state index is -4.94. The quantitative estimate of drug-likeness (QED) is 0.118. The summed E-state index contributed by atoms with van der Waals surface area (Å²) in [6.45, 7) is 8.49. The van der Waals surface area contributed by atoms with Crippen molar-refractivity contribution in [2.24, 2.45) is 0 Å². The maximum atomic E-state index is 8.49. The molecule has 0 amide bonds. The number of likely N-dealkylation sites (N-methyl/N-ethyl adjacent to an activating group) is 2. The smallest absolute Gasteiger partial charge is 0.318 e. The summed E-state index contributed by atoms with van der Waals surface area (Å²) in [6.07, 6.45) is 1.19. The topological polar surface area (TPSA) is 245 Å². The van der Waals surface area contributed by atoms with Gasteiger partial charge in [-0.15, -0.1) is 20.5 Å². The average Bonchev–Trinajstić information content (AvgIpc) is 2.45. The fourth-order valence-electron chi connectivity index (χ4n) is 1.32. The van der Waals surface area contributed by atoms with Crippen molar-refractivity contribution in [2.75, 3.05) is 66.5 Å². The molecule has 0 aromatic rings. The number of nitrogens with one attached hydrogen (secondary N) is 5. The van der Waals surface area contributed by atoms with E-state index in [-0.39, 0.29) is 17.1 Å². The van der Waals surface area contributed by atoms with Gasteiger partial charge in [0.2, 0.25) is 0 Å². The summed E-state index contributed by atoms with van der Waals surface area (Å²) in [5.41, 5.74) is 0. The molecule has 1 radical (unpaired) electrons. The molecule has 0 bridgehead atoms. The molecule has 0 atom stereocenters. The van der Waals surface area contributed by atoms with Gasteiger partial charge >= 0.3 is 17.1 Å². The van der Waals surface area contributed by atoms with Crippen molar-refractivity contribution in [3.8, 4) is 0 Å². The number of halogens is 2. The van der Waals surface area contributed by atoms with E-state index in [9.17, 15) is 0 Å². The van der Waals surface area contributed by atoms with Gasteiger partial charge in [-0.1, -0.05) is 0 Å². The third-order valence-electron chi connectivity index (χ3n) is 2.29. The maximum absolute atomic E-state index is 8.49. The van der Waals surface area contributed by atoms with E-state index >= 15 is 0 Å². The molecule has 0 aliphatic rings. The Morgan fingerprint density at radius 1 is 0.481 bits per heavy atom. The fraction of sp³-hybridized carbons (Fsp3) is 1.00. The van der Waals surface area contributed by atoms with Crippen LogP contribution in [0.15, 0.2) is 0 Å². The molecule has 0 spiro atoms. The van der Waals surface area contributed by atoms with Crippen LogP contribution in [0.4, 0.5) is 0 Å². The summed E-state index contributed by atoms with van der Waals surface area (Å²) < 4.78 is 67.9. The third kappa shape index (κ3) is 87.1. The Labute approximate surface area is 174 Å². The van der Waals surface area contributed by atoms with Crippen molar-refractivity contribution in [1.29, 1.82) is 0 Å².